The molecule has 0 saturated carbocycles. The lowest BCUT2D eigenvalue weighted by Crippen LogP contribution is -2.56. The summed E-state index contributed by atoms with van der Waals surface area (Å²) in [6.07, 6.45) is 0. The Morgan fingerprint density at radius 1 is 0.645 bits per heavy atom. The number of carbonyl (C=O) groups excluding carboxylic acids is 2. The number of rotatable bonds is 1. The number of benzene rings is 3. The van der Waals surface area contributed by atoms with Crippen LogP contribution in [0.2, 0.25) is 0 Å². The van der Waals surface area contributed by atoms with Crippen LogP contribution in [0.15, 0.2) is 66.7 Å². The highest BCUT2D eigenvalue weighted by molar-refractivity contribution is 9.10. The summed E-state index contributed by atoms with van der Waals surface area (Å²) in [5.41, 5.74) is 6.77. The molecule has 1 aliphatic heterocycles. The fourth-order valence-electron chi connectivity index (χ4n) is 6.05. The van der Waals surface area contributed by atoms with Crippen molar-refractivity contribution < 1.29 is 9.59 Å². The van der Waals surface area contributed by atoms with E-state index < -0.39 is 20.5 Å². The van der Waals surface area contributed by atoms with Gasteiger partial charge in [-0.15, -0.1) is 0 Å². The third-order valence-electron chi connectivity index (χ3n) is 7.25. The Balaban J connectivity index is 1.68. The van der Waals surface area contributed by atoms with E-state index in [9.17, 15) is 9.59 Å². The number of halogens is 2. The van der Waals surface area contributed by atoms with Gasteiger partial charge in [0.1, 0.15) is 0 Å². The van der Waals surface area contributed by atoms with Crippen molar-refractivity contribution in [3.05, 3.63) is 100 Å². The summed E-state index contributed by atoms with van der Waals surface area (Å²) in [5, 5.41) is 0. The molecule has 3 aromatic rings. The van der Waals surface area contributed by atoms with Gasteiger partial charge in [0.15, 0.2) is 0 Å². The number of nitrogens with zero attached hydrogens (tertiary/aromatic N) is 1. The highest BCUT2D eigenvalue weighted by Gasteiger charge is 2.72. The first-order valence-corrected chi connectivity index (χ1v) is 11.9. The van der Waals surface area contributed by atoms with E-state index in [-0.39, 0.29) is 11.8 Å². The van der Waals surface area contributed by atoms with Crippen molar-refractivity contribution in [2.24, 2.45) is 11.8 Å². The van der Waals surface area contributed by atoms with Gasteiger partial charge in [0.25, 0.3) is 0 Å². The van der Waals surface area contributed by atoms with Gasteiger partial charge in [-0.2, -0.15) is 0 Å². The highest BCUT2D eigenvalue weighted by Crippen LogP contribution is 2.70. The van der Waals surface area contributed by atoms with Gasteiger partial charge in [-0.05, 0) is 47.2 Å². The molecule has 7 rings (SSSR count). The molecule has 2 bridgehead atoms. The average molecular weight is 537 g/mol. The normalized spacial score (nSPS) is 30.3. The van der Waals surface area contributed by atoms with Crippen LogP contribution in [0, 0.1) is 25.7 Å². The summed E-state index contributed by atoms with van der Waals surface area (Å²) in [7, 11) is 0. The molecule has 1 saturated heterocycles. The quantitative estimate of drug-likeness (QED) is 0.295. The molecule has 154 valence electrons. The number of amides is 2. The average Bonchev–Trinajstić information content (AvgIpc) is 3.04. The number of hydrogen-bond donors (Lipinski definition) is 0. The summed E-state index contributed by atoms with van der Waals surface area (Å²) < 4.78 is -1.50. The zero-order valence-corrected chi connectivity index (χ0v) is 20.2. The number of imide groups is 1. The predicted molar refractivity (Wildman–Crippen MR) is 128 cm³/mol. The minimum atomic E-state index is -0.752. The molecule has 2 amide bonds. The molecule has 0 spiro atoms. The standard InChI is InChI=1S/C26H19Br2NO2/c1-14-8-7-9-15(2)22(14)29-23(30)20-21(24(29)31)26(28)17-11-4-3-10-16(17)25(20,27)18-12-5-6-13-19(18)26/h3-13,20-21H,1-2H3. The number of anilines is 1. The fourth-order valence-corrected chi connectivity index (χ4v) is 8.35. The number of aryl methyl sites for hydroxylation is 2. The molecule has 31 heavy (non-hydrogen) atoms. The lowest BCUT2D eigenvalue weighted by atomic mass is 9.54. The van der Waals surface area contributed by atoms with Gasteiger partial charge in [-0.25, -0.2) is 4.90 Å². The second kappa shape index (κ2) is 6.17. The van der Waals surface area contributed by atoms with Gasteiger partial charge in [0, 0.05) is 0 Å². The van der Waals surface area contributed by atoms with E-state index in [1.165, 1.54) is 4.90 Å². The molecule has 0 aromatic heterocycles. The molecule has 3 nitrogen and oxygen atoms in total. The molecule has 0 radical (unpaired) electrons. The zero-order valence-electron chi connectivity index (χ0n) is 17.0. The third-order valence-corrected chi connectivity index (χ3v) is 9.94. The monoisotopic (exact) mass is 535 g/mol. The summed E-state index contributed by atoms with van der Waals surface area (Å²) in [4.78, 5) is 29.6. The van der Waals surface area contributed by atoms with Gasteiger partial charge in [0.05, 0.1) is 26.2 Å². The predicted octanol–water partition coefficient (Wildman–Crippen LogP) is 5.71. The van der Waals surface area contributed by atoms with Gasteiger partial charge in [0.2, 0.25) is 11.8 Å². The Morgan fingerprint density at radius 2 is 1.00 bits per heavy atom. The maximum Gasteiger partial charge on any atom is 0.239 e. The van der Waals surface area contributed by atoms with Crippen molar-refractivity contribution in [3.63, 3.8) is 0 Å². The van der Waals surface area contributed by atoms with Gasteiger partial charge < -0.3 is 0 Å². The molecule has 1 heterocycles. The molecule has 3 aliphatic carbocycles. The van der Waals surface area contributed by atoms with Crippen molar-refractivity contribution in [1.29, 1.82) is 0 Å². The van der Waals surface area contributed by atoms with Crippen molar-refractivity contribution in [2.45, 2.75) is 22.5 Å². The van der Waals surface area contributed by atoms with Crippen LogP contribution in [0.25, 0.3) is 0 Å². The molecule has 5 heteroatoms. The van der Waals surface area contributed by atoms with Crippen LogP contribution < -0.4 is 4.90 Å². The first-order valence-electron chi connectivity index (χ1n) is 10.3. The van der Waals surface area contributed by atoms with Crippen LogP contribution in [0.1, 0.15) is 33.4 Å². The van der Waals surface area contributed by atoms with Crippen LogP contribution in [0.3, 0.4) is 0 Å². The van der Waals surface area contributed by atoms with E-state index in [4.69, 9.17) is 0 Å². The van der Waals surface area contributed by atoms with Crippen molar-refractivity contribution >= 4 is 49.4 Å². The minimum absolute atomic E-state index is 0.142. The SMILES string of the molecule is Cc1cccc(C)c1N1C(=O)C2C(C1=O)C1(Br)c3ccccc3C2(Br)c2ccccc21. The van der Waals surface area contributed by atoms with Crippen LogP contribution >= 0.6 is 31.9 Å². The molecular weight excluding hydrogens is 518 g/mol. The van der Waals surface area contributed by atoms with Crippen molar-refractivity contribution in [1.82, 2.24) is 0 Å². The first kappa shape index (κ1) is 19.4. The van der Waals surface area contributed by atoms with Crippen LogP contribution in [-0.4, -0.2) is 11.8 Å². The Bertz CT molecular complexity index is 1170. The Hall–Kier alpha value is -2.24. The fraction of sp³-hybridized carbons (Fsp3) is 0.231. The number of para-hydroxylation sites is 1. The van der Waals surface area contributed by atoms with E-state index in [0.29, 0.717) is 5.69 Å². The van der Waals surface area contributed by atoms with E-state index in [1.54, 1.807) is 0 Å². The van der Waals surface area contributed by atoms with Crippen LogP contribution in [0.4, 0.5) is 5.69 Å². The third kappa shape index (κ3) is 2.10. The Morgan fingerprint density at radius 3 is 1.35 bits per heavy atom. The molecule has 2 atom stereocenters. The Kier molecular flexibility index (Phi) is 3.87. The maximum atomic E-state index is 14.1. The first-order chi connectivity index (χ1) is 14.8. The topological polar surface area (TPSA) is 37.4 Å². The van der Waals surface area contributed by atoms with Gasteiger partial charge in [-0.3, -0.25) is 9.59 Å². The number of carbonyl (C=O) groups is 2. The van der Waals surface area contributed by atoms with Crippen molar-refractivity contribution in [2.75, 3.05) is 4.90 Å². The lowest BCUT2D eigenvalue weighted by molar-refractivity contribution is -0.122. The maximum absolute atomic E-state index is 14.1. The van der Waals surface area contributed by atoms with E-state index in [2.05, 4.69) is 56.1 Å². The van der Waals surface area contributed by atoms with E-state index in [0.717, 1.165) is 33.4 Å². The summed E-state index contributed by atoms with van der Waals surface area (Å²) in [5.74, 6) is -1.36. The minimum Gasteiger partial charge on any atom is -0.274 e. The van der Waals surface area contributed by atoms with Crippen molar-refractivity contribution in [3.8, 4) is 0 Å². The van der Waals surface area contributed by atoms with Gasteiger partial charge in [-0.1, -0.05) is 98.6 Å². The zero-order chi connectivity index (χ0) is 21.7. The van der Waals surface area contributed by atoms with E-state index >= 15 is 0 Å². The van der Waals surface area contributed by atoms with Crippen LogP contribution in [0.5, 0.6) is 0 Å². The largest absolute Gasteiger partial charge is 0.274 e. The molecule has 2 unspecified atom stereocenters. The molecular formula is C26H19Br2NO2. The highest BCUT2D eigenvalue weighted by atomic mass is 79.9. The summed E-state index contributed by atoms with van der Waals surface area (Å²) >= 11 is 8.09. The molecule has 0 N–H and O–H groups in total. The second-order valence-corrected chi connectivity index (χ2v) is 11.2. The lowest BCUT2D eigenvalue weighted by Gasteiger charge is -2.55. The summed E-state index contributed by atoms with van der Waals surface area (Å²) in [6, 6.07) is 22.2. The Labute approximate surface area is 197 Å². The molecule has 3 aromatic carbocycles. The van der Waals surface area contributed by atoms with Gasteiger partial charge >= 0.3 is 0 Å². The number of hydrogen-bond acceptors (Lipinski definition) is 2. The van der Waals surface area contributed by atoms with Crippen LogP contribution in [-0.2, 0) is 18.2 Å². The number of alkyl halides is 2. The van der Waals surface area contributed by atoms with E-state index in [1.807, 2.05) is 56.3 Å². The summed E-state index contributed by atoms with van der Waals surface area (Å²) in [6.45, 7) is 3.91. The second-order valence-electron chi connectivity index (χ2n) is 8.72. The smallest absolute Gasteiger partial charge is 0.239 e. The molecule has 1 fully saturated rings. The molecule has 4 aliphatic rings.